The topological polar surface area (TPSA) is 66.9 Å². The number of hydrogen-bond donors (Lipinski definition) is 2. The third kappa shape index (κ3) is 3.00. The second-order valence-corrected chi connectivity index (χ2v) is 3.94. The number of nitrogens with zero attached hydrogens (tertiary/aromatic N) is 2. The molecule has 1 aromatic rings. The average Bonchev–Trinajstić information content (AvgIpc) is 2.59. The van der Waals surface area contributed by atoms with Crippen LogP contribution >= 0.6 is 0 Å². The summed E-state index contributed by atoms with van der Waals surface area (Å²) in [6, 6.07) is 0.254. The first kappa shape index (κ1) is 11.0. The van der Waals surface area contributed by atoms with Crippen LogP contribution in [0.4, 0.5) is 0 Å². The maximum atomic E-state index is 11.8. The summed E-state index contributed by atoms with van der Waals surface area (Å²) in [7, 11) is 0. The van der Waals surface area contributed by atoms with Crippen LogP contribution in [0.25, 0.3) is 0 Å². The molecule has 5 nitrogen and oxygen atoms in total. The lowest BCUT2D eigenvalue weighted by molar-refractivity contribution is 0.0928. The van der Waals surface area contributed by atoms with Gasteiger partial charge in [0.05, 0.1) is 6.20 Å². The van der Waals surface area contributed by atoms with E-state index in [9.17, 15) is 4.79 Å². The molecule has 0 radical (unpaired) electrons. The zero-order valence-corrected chi connectivity index (χ0v) is 9.15. The second kappa shape index (κ2) is 5.55. The number of rotatable bonds is 2. The Balaban J connectivity index is 1.91. The van der Waals surface area contributed by atoms with Gasteiger partial charge in [-0.1, -0.05) is 0 Å². The second-order valence-electron chi connectivity index (χ2n) is 3.94. The highest BCUT2D eigenvalue weighted by molar-refractivity contribution is 5.92. The van der Waals surface area contributed by atoms with Gasteiger partial charge >= 0.3 is 0 Å². The Labute approximate surface area is 94.7 Å². The van der Waals surface area contributed by atoms with Gasteiger partial charge in [0.2, 0.25) is 0 Å². The molecule has 0 aromatic carbocycles. The summed E-state index contributed by atoms with van der Waals surface area (Å²) < 4.78 is 0. The molecule has 0 bridgehead atoms. The van der Waals surface area contributed by atoms with Crippen LogP contribution in [0.2, 0.25) is 0 Å². The predicted molar refractivity (Wildman–Crippen MR) is 60.0 cm³/mol. The van der Waals surface area contributed by atoms with Gasteiger partial charge in [-0.2, -0.15) is 0 Å². The zero-order chi connectivity index (χ0) is 11.2. The minimum absolute atomic E-state index is 0.125. The number of hydrogen-bond acceptors (Lipinski definition) is 4. The number of aromatic nitrogens is 2. The molecule has 16 heavy (non-hydrogen) atoms. The molecular weight excluding hydrogens is 204 g/mol. The molecule has 1 aliphatic heterocycles. The summed E-state index contributed by atoms with van der Waals surface area (Å²) in [4.78, 5) is 19.7. The number of nitrogens with one attached hydrogen (secondary N) is 2. The molecule has 2 heterocycles. The molecule has 0 unspecified atom stereocenters. The zero-order valence-electron chi connectivity index (χ0n) is 9.15. The smallest absolute Gasteiger partial charge is 0.271 e. The lowest BCUT2D eigenvalue weighted by Gasteiger charge is -2.15. The van der Waals surface area contributed by atoms with Crippen LogP contribution < -0.4 is 10.6 Å². The highest BCUT2D eigenvalue weighted by Crippen LogP contribution is 2.05. The quantitative estimate of drug-likeness (QED) is 0.754. The van der Waals surface area contributed by atoms with E-state index in [1.807, 2.05) is 0 Å². The van der Waals surface area contributed by atoms with E-state index in [4.69, 9.17) is 0 Å². The lowest BCUT2D eigenvalue weighted by Crippen LogP contribution is -2.35. The van der Waals surface area contributed by atoms with Crippen molar-refractivity contribution in [3.05, 3.63) is 24.3 Å². The number of amides is 1. The highest BCUT2D eigenvalue weighted by atomic mass is 16.1. The average molecular weight is 220 g/mol. The maximum absolute atomic E-state index is 11.8. The van der Waals surface area contributed by atoms with Gasteiger partial charge in [-0.15, -0.1) is 0 Å². The van der Waals surface area contributed by atoms with Gasteiger partial charge in [0.15, 0.2) is 0 Å². The van der Waals surface area contributed by atoms with E-state index in [-0.39, 0.29) is 11.9 Å². The van der Waals surface area contributed by atoms with Crippen LogP contribution in [-0.4, -0.2) is 35.0 Å². The van der Waals surface area contributed by atoms with Crippen molar-refractivity contribution in [1.29, 1.82) is 0 Å². The van der Waals surface area contributed by atoms with Crippen molar-refractivity contribution in [2.24, 2.45) is 0 Å². The molecule has 0 aliphatic carbocycles. The van der Waals surface area contributed by atoms with Gasteiger partial charge in [0, 0.05) is 18.4 Å². The summed E-state index contributed by atoms with van der Waals surface area (Å²) in [5.74, 6) is -0.125. The van der Waals surface area contributed by atoms with E-state index < -0.39 is 0 Å². The Morgan fingerprint density at radius 3 is 3.12 bits per heavy atom. The van der Waals surface area contributed by atoms with E-state index in [1.54, 1.807) is 6.20 Å². The van der Waals surface area contributed by atoms with E-state index in [1.165, 1.54) is 12.4 Å². The monoisotopic (exact) mass is 220 g/mol. The Morgan fingerprint density at radius 2 is 2.31 bits per heavy atom. The first-order valence-electron chi connectivity index (χ1n) is 5.64. The van der Waals surface area contributed by atoms with Gasteiger partial charge in [-0.25, -0.2) is 4.98 Å². The summed E-state index contributed by atoms with van der Waals surface area (Å²) in [5.41, 5.74) is 0.389. The summed E-state index contributed by atoms with van der Waals surface area (Å²) in [5, 5.41) is 6.30. The van der Waals surface area contributed by atoms with Crippen molar-refractivity contribution in [3.8, 4) is 0 Å². The fourth-order valence-corrected chi connectivity index (χ4v) is 1.84. The molecule has 0 spiro atoms. The Kier molecular flexibility index (Phi) is 3.82. The van der Waals surface area contributed by atoms with Gasteiger partial charge in [-0.3, -0.25) is 9.78 Å². The minimum Gasteiger partial charge on any atom is -0.348 e. The van der Waals surface area contributed by atoms with E-state index in [0.29, 0.717) is 5.69 Å². The van der Waals surface area contributed by atoms with Crippen LogP contribution in [0.5, 0.6) is 0 Å². The van der Waals surface area contributed by atoms with E-state index >= 15 is 0 Å². The number of carbonyl (C=O) groups is 1. The largest absolute Gasteiger partial charge is 0.348 e. The Morgan fingerprint density at radius 1 is 1.38 bits per heavy atom. The third-order valence-corrected chi connectivity index (χ3v) is 2.71. The molecule has 5 heteroatoms. The summed E-state index contributed by atoms with van der Waals surface area (Å²) >= 11 is 0. The molecule has 1 atom stereocenters. The normalized spacial score (nSPS) is 21.1. The minimum atomic E-state index is -0.125. The molecule has 1 aromatic heterocycles. The van der Waals surface area contributed by atoms with E-state index in [0.717, 1.165) is 32.4 Å². The van der Waals surface area contributed by atoms with Crippen molar-refractivity contribution >= 4 is 5.91 Å². The fourth-order valence-electron chi connectivity index (χ4n) is 1.84. The van der Waals surface area contributed by atoms with E-state index in [2.05, 4.69) is 20.6 Å². The number of carbonyl (C=O) groups excluding carboxylic acids is 1. The third-order valence-electron chi connectivity index (χ3n) is 2.71. The highest BCUT2D eigenvalue weighted by Gasteiger charge is 2.15. The first-order chi connectivity index (χ1) is 7.86. The molecule has 86 valence electrons. The molecular formula is C11H16N4O. The molecule has 1 amide bonds. The molecule has 1 fully saturated rings. The van der Waals surface area contributed by atoms with Crippen molar-refractivity contribution < 1.29 is 4.79 Å². The Bertz CT molecular complexity index is 333. The van der Waals surface area contributed by atoms with Gasteiger partial charge in [-0.05, 0) is 32.4 Å². The van der Waals surface area contributed by atoms with Crippen molar-refractivity contribution in [3.63, 3.8) is 0 Å². The first-order valence-corrected chi connectivity index (χ1v) is 5.64. The van der Waals surface area contributed by atoms with Gasteiger partial charge < -0.3 is 10.6 Å². The Hall–Kier alpha value is -1.49. The standard InChI is InChI=1S/C11H16N4O/c16-11(10-8-13-6-7-14-10)15-9-2-1-4-12-5-3-9/h6-9,12H,1-5H2,(H,15,16)/t9-/m1/s1. The SMILES string of the molecule is O=C(N[C@@H]1CCCNCC1)c1cnccn1. The maximum Gasteiger partial charge on any atom is 0.271 e. The van der Waals surface area contributed by atoms with Crippen LogP contribution in [0, 0.1) is 0 Å². The lowest BCUT2D eigenvalue weighted by atomic mass is 10.1. The summed E-state index contributed by atoms with van der Waals surface area (Å²) in [6.07, 6.45) is 7.69. The van der Waals surface area contributed by atoms with Crippen molar-refractivity contribution in [2.75, 3.05) is 13.1 Å². The van der Waals surface area contributed by atoms with Crippen LogP contribution in [0.3, 0.4) is 0 Å². The fraction of sp³-hybridized carbons (Fsp3) is 0.545. The molecule has 1 aliphatic rings. The molecule has 1 saturated heterocycles. The van der Waals surface area contributed by atoms with Crippen molar-refractivity contribution in [1.82, 2.24) is 20.6 Å². The molecule has 2 N–H and O–H groups in total. The summed E-state index contributed by atoms with van der Waals surface area (Å²) in [6.45, 7) is 2.00. The van der Waals surface area contributed by atoms with Gasteiger partial charge in [0.1, 0.15) is 5.69 Å². The van der Waals surface area contributed by atoms with Crippen LogP contribution in [0.15, 0.2) is 18.6 Å². The van der Waals surface area contributed by atoms with Crippen molar-refractivity contribution in [2.45, 2.75) is 25.3 Å². The van der Waals surface area contributed by atoms with Gasteiger partial charge in [0.25, 0.3) is 5.91 Å². The molecule has 0 saturated carbocycles. The van der Waals surface area contributed by atoms with Crippen LogP contribution in [0.1, 0.15) is 29.8 Å². The molecule has 2 rings (SSSR count). The van der Waals surface area contributed by atoms with Crippen LogP contribution in [-0.2, 0) is 0 Å². The predicted octanol–water partition coefficient (Wildman–Crippen LogP) is 0.348.